The average molecular weight is 707 g/mol. The van der Waals surface area contributed by atoms with Gasteiger partial charge in [-0.2, -0.15) is 0 Å². The topological polar surface area (TPSA) is 147 Å². The lowest BCUT2D eigenvalue weighted by Crippen LogP contribution is -2.51. The molecule has 0 radical (unpaired) electrons. The van der Waals surface area contributed by atoms with Gasteiger partial charge in [-0.15, -0.1) is 0 Å². The molecule has 3 aliphatic rings. The zero-order chi connectivity index (χ0) is 36.8. The minimum Gasteiger partial charge on any atom is -0.390 e. The van der Waals surface area contributed by atoms with Crippen LogP contribution in [0.5, 0.6) is 0 Å². The van der Waals surface area contributed by atoms with Crippen LogP contribution in [0.4, 0.5) is 0 Å². The van der Waals surface area contributed by atoms with Crippen LogP contribution < -0.4 is 10.6 Å². The second kappa shape index (κ2) is 21.0. The summed E-state index contributed by atoms with van der Waals surface area (Å²) in [6.45, 7) is 15.8. The number of aliphatic hydroxyl groups excluding tert-OH is 3. The third kappa shape index (κ3) is 14.0. The molecule has 3 aliphatic heterocycles. The maximum absolute atomic E-state index is 12.9. The van der Waals surface area contributed by atoms with Crippen molar-refractivity contribution < 1.29 is 39.1 Å². The van der Waals surface area contributed by atoms with E-state index in [1.54, 1.807) is 13.0 Å². The van der Waals surface area contributed by atoms with Gasteiger partial charge in [-0.25, -0.2) is 0 Å². The Balaban J connectivity index is 1.36. The average Bonchev–Trinajstić information content (AvgIpc) is 3.07. The lowest BCUT2D eigenvalue weighted by Gasteiger charge is -2.48. The first-order valence-electron chi connectivity index (χ1n) is 19.5. The molecule has 12 unspecified atom stereocenters. The summed E-state index contributed by atoms with van der Waals surface area (Å²) in [6, 6.07) is 0. The number of amides is 2. The number of carbonyl (C=O) groups is 2. The van der Waals surface area contributed by atoms with Crippen molar-refractivity contribution in [1.82, 2.24) is 10.6 Å². The first-order valence-corrected chi connectivity index (χ1v) is 19.5. The molecule has 5 N–H and O–H groups in total. The van der Waals surface area contributed by atoms with E-state index >= 15 is 0 Å². The molecule has 3 heterocycles. The molecular weight excluding hydrogens is 636 g/mol. The summed E-state index contributed by atoms with van der Waals surface area (Å²) < 4.78 is 19.1. The lowest BCUT2D eigenvalue weighted by atomic mass is 9.77. The summed E-state index contributed by atoms with van der Waals surface area (Å²) in [5, 5.41) is 36.4. The van der Waals surface area contributed by atoms with Gasteiger partial charge in [-0.1, -0.05) is 45.9 Å². The van der Waals surface area contributed by atoms with E-state index in [-0.39, 0.29) is 54.6 Å². The van der Waals surface area contributed by atoms with Crippen LogP contribution >= 0.6 is 0 Å². The number of hydrogen-bond acceptors (Lipinski definition) is 8. The highest BCUT2D eigenvalue weighted by Gasteiger charge is 2.44. The first kappa shape index (κ1) is 42.6. The zero-order valence-corrected chi connectivity index (χ0v) is 32.1. The molecule has 288 valence electrons. The Morgan fingerprint density at radius 3 is 2.46 bits per heavy atom. The van der Waals surface area contributed by atoms with Gasteiger partial charge in [0.15, 0.2) is 0 Å². The van der Waals surface area contributed by atoms with Crippen LogP contribution in [0, 0.1) is 29.6 Å². The number of hydrogen-bond donors (Lipinski definition) is 5. The Morgan fingerprint density at radius 1 is 1.00 bits per heavy atom. The third-order valence-corrected chi connectivity index (χ3v) is 11.4. The largest absolute Gasteiger partial charge is 0.390 e. The molecule has 50 heavy (non-hydrogen) atoms. The van der Waals surface area contributed by atoms with E-state index in [1.807, 2.05) is 26.8 Å². The van der Waals surface area contributed by atoms with E-state index in [2.05, 4.69) is 37.5 Å². The maximum atomic E-state index is 12.9. The molecule has 0 bridgehead atoms. The number of carbonyl (C=O) groups excluding carboxylic acids is 2. The number of nitrogens with one attached hydrogen (secondary N) is 2. The van der Waals surface area contributed by atoms with E-state index in [9.17, 15) is 24.9 Å². The van der Waals surface area contributed by atoms with Gasteiger partial charge in [0.2, 0.25) is 11.8 Å². The van der Waals surface area contributed by atoms with Crippen LogP contribution in [0.25, 0.3) is 0 Å². The van der Waals surface area contributed by atoms with Crippen molar-refractivity contribution in [1.29, 1.82) is 0 Å². The number of rotatable bonds is 18. The standard InChI is InChI=1S/C40H70N2O8/c1-8-10-33(44)20-34-15-13-27(3)37(49-34)21-38(46)42-23-35(45)30(6)39(47)41-18-9-11-36-28(4)16-17-40(50-36)22-32(24-48-25-40)14-12-26(2)19-29(5)31(7)43/h8,10,19,26-28,30-37,43-45H,9,11-18,20-25H2,1-7H3,(H,41,47)(H,42,46). The number of aliphatic hydroxyl groups is 3. The van der Waals surface area contributed by atoms with Gasteiger partial charge in [-0.3, -0.25) is 9.59 Å². The molecule has 12 atom stereocenters. The smallest absolute Gasteiger partial charge is 0.225 e. The first-order chi connectivity index (χ1) is 23.7. The van der Waals surface area contributed by atoms with Crippen molar-refractivity contribution in [3.05, 3.63) is 23.8 Å². The molecule has 0 aromatic heterocycles. The van der Waals surface area contributed by atoms with Crippen molar-refractivity contribution in [3.8, 4) is 0 Å². The van der Waals surface area contributed by atoms with E-state index in [0.717, 1.165) is 70.0 Å². The molecular formula is C40H70N2O8. The van der Waals surface area contributed by atoms with Crippen LogP contribution in [-0.2, 0) is 23.8 Å². The van der Waals surface area contributed by atoms with Crippen LogP contribution in [0.15, 0.2) is 23.8 Å². The fourth-order valence-corrected chi connectivity index (χ4v) is 7.76. The normalized spacial score (nSPS) is 32.3. The molecule has 0 aromatic carbocycles. The van der Waals surface area contributed by atoms with Gasteiger partial charge >= 0.3 is 0 Å². The zero-order valence-electron chi connectivity index (χ0n) is 32.1. The van der Waals surface area contributed by atoms with Gasteiger partial charge in [-0.05, 0) is 108 Å². The van der Waals surface area contributed by atoms with Gasteiger partial charge in [0.1, 0.15) is 0 Å². The number of allylic oxidation sites excluding steroid dienone is 2. The summed E-state index contributed by atoms with van der Waals surface area (Å²) in [5.41, 5.74) is 0.786. The maximum Gasteiger partial charge on any atom is 0.225 e. The second-order valence-electron chi connectivity index (χ2n) is 16.1. The molecule has 0 saturated carbocycles. The van der Waals surface area contributed by atoms with Crippen molar-refractivity contribution in [2.75, 3.05) is 26.3 Å². The van der Waals surface area contributed by atoms with Crippen LogP contribution in [0.1, 0.15) is 119 Å². The minimum absolute atomic E-state index is 0.00630. The van der Waals surface area contributed by atoms with E-state index in [1.165, 1.54) is 0 Å². The molecule has 0 aliphatic carbocycles. The predicted molar refractivity (Wildman–Crippen MR) is 196 cm³/mol. The number of ether oxygens (including phenoxy) is 3. The van der Waals surface area contributed by atoms with E-state index in [4.69, 9.17) is 14.2 Å². The third-order valence-electron chi connectivity index (χ3n) is 11.4. The molecule has 10 heteroatoms. The summed E-state index contributed by atoms with van der Waals surface area (Å²) >= 11 is 0. The summed E-state index contributed by atoms with van der Waals surface area (Å²) in [6.07, 6.45) is 12.9. The fraction of sp³-hybridized carbons (Fsp3) is 0.850. The SMILES string of the molecule is CC=CC(O)CC1CCC(C)C(CC(=O)NCC(O)C(C)C(=O)NCCCC2OC3(CCC2C)COCC(CCC(C)C=C(C)C(C)O)C3)O1. The molecule has 3 saturated heterocycles. The Kier molecular flexibility index (Phi) is 17.9. The molecule has 0 aromatic rings. The minimum atomic E-state index is -1.01. The van der Waals surface area contributed by atoms with Gasteiger partial charge < -0.3 is 40.2 Å². The second-order valence-corrected chi connectivity index (χ2v) is 16.1. The van der Waals surface area contributed by atoms with E-state index in [0.29, 0.717) is 37.3 Å². The summed E-state index contributed by atoms with van der Waals surface area (Å²) in [7, 11) is 0. The van der Waals surface area contributed by atoms with Gasteiger partial charge in [0.05, 0.1) is 61.2 Å². The van der Waals surface area contributed by atoms with Gasteiger partial charge in [0.25, 0.3) is 0 Å². The van der Waals surface area contributed by atoms with Crippen molar-refractivity contribution >= 4 is 11.8 Å². The predicted octanol–water partition coefficient (Wildman–Crippen LogP) is 5.23. The van der Waals surface area contributed by atoms with Crippen LogP contribution in [0.3, 0.4) is 0 Å². The van der Waals surface area contributed by atoms with Crippen LogP contribution in [0.2, 0.25) is 0 Å². The van der Waals surface area contributed by atoms with Gasteiger partial charge in [0, 0.05) is 26.1 Å². The summed E-state index contributed by atoms with van der Waals surface area (Å²) in [4.78, 5) is 25.6. The van der Waals surface area contributed by atoms with Crippen molar-refractivity contribution in [3.63, 3.8) is 0 Å². The molecule has 1 spiro atoms. The fourth-order valence-electron chi connectivity index (χ4n) is 7.76. The lowest BCUT2D eigenvalue weighted by molar-refractivity contribution is -0.211. The monoisotopic (exact) mass is 707 g/mol. The molecule has 2 amide bonds. The Morgan fingerprint density at radius 2 is 1.74 bits per heavy atom. The Hall–Kier alpha value is -1.82. The Bertz CT molecular complexity index is 1100. The highest BCUT2D eigenvalue weighted by atomic mass is 16.6. The summed E-state index contributed by atoms with van der Waals surface area (Å²) in [5.74, 6) is 0.412. The highest BCUT2D eigenvalue weighted by Crippen LogP contribution is 2.42. The highest BCUT2D eigenvalue weighted by molar-refractivity contribution is 5.79. The molecule has 10 nitrogen and oxygen atoms in total. The molecule has 3 rings (SSSR count). The molecule has 3 fully saturated rings. The van der Waals surface area contributed by atoms with Crippen LogP contribution in [-0.4, -0.2) is 95.7 Å². The van der Waals surface area contributed by atoms with Crippen molar-refractivity contribution in [2.45, 2.75) is 161 Å². The quantitative estimate of drug-likeness (QED) is 0.0963. The van der Waals surface area contributed by atoms with Crippen molar-refractivity contribution in [2.24, 2.45) is 29.6 Å². The Labute approximate surface area is 302 Å². The van der Waals surface area contributed by atoms with E-state index < -0.39 is 24.2 Å².